The Morgan fingerprint density at radius 1 is 0.795 bits per heavy atom. The van der Waals surface area contributed by atoms with Gasteiger partial charge in [0.2, 0.25) is 0 Å². The highest BCUT2D eigenvalue weighted by atomic mass is 32.1. The van der Waals surface area contributed by atoms with Gasteiger partial charge in [0.1, 0.15) is 0 Å². The number of nitrogens with one attached hydrogen (secondary N) is 1. The molecule has 2 saturated carbocycles. The van der Waals surface area contributed by atoms with Crippen LogP contribution in [-0.4, -0.2) is 24.8 Å². The number of rotatable bonds is 6. The van der Waals surface area contributed by atoms with Crippen LogP contribution in [0.15, 0.2) is 42.5 Å². The number of hydrogen-bond acceptors (Lipinski definition) is 4. The number of carbonyl (C=O) groups excluding carboxylic acids is 1. The zero-order valence-electron chi connectivity index (χ0n) is 30.5. The number of ketones is 1. The molecule has 44 heavy (non-hydrogen) atoms. The highest BCUT2D eigenvalue weighted by molar-refractivity contribution is 7.79. The molecule has 2 aromatic rings. The molecule has 3 aliphatic carbocycles. The summed E-state index contributed by atoms with van der Waals surface area (Å²) in [4.78, 5) is 10.8. The van der Waals surface area contributed by atoms with Gasteiger partial charge in [0.15, 0.2) is 5.78 Å². The van der Waals surface area contributed by atoms with Crippen molar-refractivity contribution < 1.29 is 4.79 Å². The molecule has 0 amide bonds. The Bertz CT molecular complexity index is 917. The van der Waals surface area contributed by atoms with E-state index in [0.717, 1.165) is 36.4 Å². The van der Waals surface area contributed by atoms with Gasteiger partial charge >= 0.3 is 0 Å². The van der Waals surface area contributed by atoms with Crippen molar-refractivity contribution in [2.45, 2.75) is 139 Å². The molecule has 4 heteroatoms. The second-order valence-electron chi connectivity index (χ2n) is 12.1. The number of carbonyl (C=O) groups is 1. The maximum atomic E-state index is 10.8. The van der Waals surface area contributed by atoms with E-state index in [1.54, 1.807) is 30.6 Å². The lowest BCUT2D eigenvalue weighted by Gasteiger charge is -2.22. The van der Waals surface area contributed by atoms with Crippen LogP contribution in [0.4, 0.5) is 0 Å². The first-order valence-electron chi connectivity index (χ1n) is 17.6. The second-order valence-corrected chi connectivity index (χ2v) is 12.1. The third-order valence-electron chi connectivity index (χ3n) is 8.41. The predicted molar refractivity (Wildman–Crippen MR) is 207 cm³/mol. The summed E-state index contributed by atoms with van der Waals surface area (Å²) < 4.78 is 0. The van der Waals surface area contributed by atoms with Crippen molar-refractivity contribution in [1.82, 2.24) is 5.32 Å². The topological polar surface area (TPSA) is 29.1 Å². The van der Waals surface area contributed by atoms with Gasteiger partial charge in [-0.25, -0.2) is 0 Å². The molecule has 3 aliphatic rings. The summed E-state index contributed by atoms with van der Waals surface area (Å²) in [6, 6.07) is 14.6. The maximum Gasteiger partial charge on any atom is 0.159 e. The van der Waals surface area contributed by atoms with E-state index in [-0.39, 0.29) is 5.78 Å². The van der Waals surface area contributed by atoms with Gasteiger partial charge in [-0.05, 0) is 93.0 Å². The van der Waals surface area contributed by atoms with Crippen molar-refractivity contribution in [2.75, 3.05) is 19.1 Å². The smallest absolute Gasteiger partial charge is 0.159 e. The molecule has 254 valence electrons. The van der Waals surface area contributed by atoms with Crippen molar-refractivity contribution in [3.63, 3.8) is 0 Å². The molecule has 0 bridgehead atoms. The molecule has 0 saturated heterocycles. The number of fused-ring (bicyclic) bond motifs is 1. The van der Waals surface area contributed by atoms with Gasteiger partial charge in [0, 0.05) is 12.1 Å². The van der Waals surface area contributed by atoms with Crippen LogP contribution in [-0.2, 0) is 19.4 Å². The fourth-order valence-corrected chi connectivity index (χ4v) is 5.33. The van der Waals surface area contributed by atoms with E-state index in [1.807, 2.05) is 45.0 Å². The molecule has 5 rings (SSSR count). The lowest BCUT2D eigenvalue weighted by molar-refractivity contribution is 0.101. The van der Waals surface area contributed by atoms with Gasteiger partial charge in [-0.2, -0.15) is 25.3 Å². The van der Waals surface area contributed by atoms with Crippen molar-refractivity contribution in [1.29, 1.82) is 0 Å². The van der Waals surface area contributed by atoms with Crippen molar-refractivity contribution in [3.8, 4) is 0 Å². The minimum absolute atomic E-state index is 0.125. The molecule has 1 unspecified atom stereocenters. The van der Waals surface area contributed by atoms with Crippen LogP contribution >= 0.6 is 25.3 Å². The summed E-state index contributed by atoms with van der Waals surface area (Å²) in [5.74, 6) is 3.16. The molecule has 0 heterocycles. The third-order valence-corrected chi connectivity index (χ3v) is 8.41. The predicted octanol–water partition coefficient (Wildman–Crippen LogP) is 12.0. The number of hydrogen-bond donors (Lipinski definition) is 3. The minimum atomic E-state index is 0.125. The molecule has 2 nitrogen and oxygen atoms in total. The SMILES string of the molecule is CC.CC(=O)c1ccc(C)cc1.CC1CCC1.CCC1CCCC1.CCCNCc1ccc2c(c1)CCC(C)C2.CS.CS. The fraction of sp³-hybridized carbons (Fsp3) is 0.675. The van der Waals surface area contributed by atoms with E-state index in [2.05, 4.69) is 76.5 Å². The molecule has 1 N–H and O–H groups in total. The van der Waals surface area contributed by atoms with Crippen LogP contribution in [0.5, 0.6) is 0 Å². The second kappa shape index (κ2) is 30.4. The third kappa shape index (κ3) is 21.5. The molecule has 0 spiro atoms. The first kappa shape index (κ1) is 44.9. The normalized spacial score (nSPS) is 16.3. The van der Waals surface area contributed by atoms with Crippen LogP contribution in [0, 0.1) is 24.7 Å². The van der Waals surface area contributed by atoms with E-state index in [9.17, 15) is 4.79 Å². The van der Waals surface area contributed by atoms with Gasteiger partial charge < -0.3 is 5.32 Å². The Morgan fingerprint density at radius 3 is 1.80 bits per heavy atom. The standard InChI is InChI=1S/C15H23N.C9H10O.C7H14.C5H10.C2H6.2CH4S/c1-3-8-16-11-13-5-7-14-9-12(2)4-6-15(14)10-13;1-7-3-5-9(6-4-7)8(2)10;1-2-7-5-3-4-6-7;1-5-3-2-4-5;3*1-2/h5,7,10,12,16H,3-4,6,8-9,11H2,1-2H3;3-6H,1-2H3;7H,2-6H2,1H3;5H,2-4H2,1H3;1-2H3;2*2H,1H3. The number of benzene rings is 2. The Morgan fingerprint density at radius 2 is 1.36 bits per heavy atom. The van der Waals surface area contributed by atoms with Gasteiger partial charge in [0.05, 0.1) is 0 Å². The van der Waals surface area contributed by atoms with E-state index in [0.29, 0.717) is 0 Å². The maximum absolute atomic E-state index is 10.8. The number of Topliss-reactive ketones (excluding diaryl/α,β-unsaturated/α-hetero) is 1. The van der Waals surface area contributed by atoms with Crippen LogP contribution in [0.2, 0.25) is 0 Å². The number of aryl methyl sites for hydroxylation is 2. The monoisotopic (exact) mass is 645 g/mol. The summed E-state index contributed by atoms with van der Waals surface area (Å²) >= 11 is 7.06. The van der Waals surface area contributed by atoms with E-state index in [1.165, 1.54) is 88.2 Å². The molecule has 2 fully saturated rings. The molecular formula is C40H71NOS2. The van der Waals surface area contributed by atoms with Crippen molar-refractivity contribution >= 4 is 31.0 Å². The van der Waals surface area contributed by atoms with Crippen molar-refractivity contribution in [3.05, 3.63) is 70.3 Å². The highest BCUT2D eigenvalue weighted by Crippen LogP contribution is 2.27. The first-order valence-corrected chi connectivity index (χ1v) is 19.4. The molecule has 0 aliphatic heterocycles. The van der Waals surface area contributed by atoms with Crippen LogP contribution in [0.1, 0.15) is 145 Å². The van der Waals surface area contributed by atoms with E-state index in [4.69, 9.17) is 0 Å². The summed E-state index contributed by atoms with van der Waals surface area (Å²) in [6.45, 7) is 18.9. The highest BCUT2D eigenvalue weighted by Gasteiger charge is 2.15. The summed E-state index contributed by atoms with van der Waals surface area (Å²) in [6.07, 6.45) is 20.4. The molecule has 2 aromatic carbocycles. The summed E-state index contributed by atoms with van der Waals surface area (Å²) in [5, 5.41) is 3.47. The zero-order valence-corrected chi connectivity index (χ0v) is 32.3. The molecule has 0 aromatic heterocycles. The van der Waals surface area contributed by atoms with E-state index < -0.39 is 0 Å². The average molecular weight is 646 g/mol. The minimum Gasteiger partial charge on any atom is -0.313 e. The Kier molecular flexibility index (Phi) is 31.0. The van der Waals surface area contributed by atoms with Gasteiger partial charge in [-0.1, -0.05) is 141 Å². The molecule has 0 radical (unpaired) electrons. The number of thiol groups is 2. The lowest BCUT2D eigenvalue weighted by atomic mass is 9.84. The Hall–Kier alpha value is -1.23. The molecular weight excluding hydrogens is 575 g/mol. The van der Waals surface area contributed by atoms with Crippen LogP contribution in [0.25, 0.3) is 0 Å². The summed E-state index contributed by atoms with van der Waals surface area (Å²) in [7, 11) is 0. The van der Waals surface area contributed by atoms with E-state index >= 15 is 0 Å². The largest absolute Gasteiger partial charge is 0.313 e. The van der Waals surface area contributed by atoms with Crippen LogP contribution < -0.4 is 5.32 Å². The van der Waals surface area contributed by atoms with Crippen molar-refractivity contribution in [2.24, 2.45) is 17.8 Å². The van der Waals surface area contributed by atoms with Gasteiger partial charge in [-0.15, -0.1) is 0 Å². The summed E-state index contributed by atoms with van der Waals surface area (Å²) in [5.41, 5.74) is 6.59. The fourth-order valence-electron chi connectivity index (χ4n) is 5.33. The Labute approximate surface area is 286 Å². The van der Waals surface area contributed by atoms with Gasteiger partial charge in [-0.3, -0.25) is 4.79 Å². The zero-order chi connectivity index (χ0) is 33.8. The van der Waals surface area contributed by atoms with Gasteiger partial charge in [0.25, 0.3) is 0 Å². The lowest BCUT2D eigenvalue weighted by Crippen LogP contribution is -2.15. The first-order chi connectivity index (χ1) is 21.3. The molecule has 1 atom stereocenters. The Balaban J connectivity index is 0. The van der Waals surface area contributed by atoms with Crippen LogP contribution in [0.3, 0.4) is 0 Å². The quantitative estimate of drug-likeness (QED) is 0.166. The average Bonchev–Trinajstić information content (AvgIpc) is 3.59.